The Hall–Kier alpha value is -2.95. The lowest BCUT2D eigenvalue weighted by Crippen LogP contribution is -2.31. The Kier molecular flexibility index (Phi) is 5.93. The minimum atomic E-state index is -0.306. The first-order valence-electron chi connectivity index (χ1n) is 9.52. The lowest BCUT2D eigenvalue weighted by atomic mass is 9.90. The Bertz CT molecular complexity index is 863. The number of benzene rings is 2. The van der Waals surface area contributed by atoms with Crippen LogP contribution in [0.5, 0.6) is 0 Å². The number of imide groups is 1. The van der Waals surface area contributed by atoms with Gasteiger partial charge in [0.25, 0.3) is 11.8 Å². The number of methoxy groups -OCH3 is 1. The third-order valence-corrected chi connectivity index (χ3v) is 5.44. The molecule has 1 atom stereocenters. The van der Waals surface area contributed by atoms with Gasteiger partial charge in [-0.05, 0) is 61.9 Å². The Labute approximate surface area is 165 Å². The number of rotatable bonds is 7. The molecule has 5 heteroatoms. The van der Waals surface area contributed by atoms with Crippen LogP contribution >= 0.6 is 0 Å². The molecule has 28 heavy (non-hydrogen) atoms. The van der Waals surface area contributed by atoms with Gasteiger partial charge in [0.15, 0.2) is 0 Å². The van der Waals surface area contributed by atoms with Gasteiger partial charge in [-0.2, -0.15) is 0 Å². The molecule has 1 heterocycles. The fraction of sp³-hybridized carbons (Fsp3) is 0.348. The molecular weight excluding hydrogens is 354 g/mol. The number of ether oxygens (including phenoxy) is 1. The van der Waals surface area contributed by atoms with Crippen molar-refractivity contribution in [1.29, 1.82) is 0 Å². The number of fused-ring (bicyclic) bond motifs is 1. The van der Waals surface area contributed by atoms with E-state index in [0.717, 1.165) is 16.7 Å². The van der Waals surface area contributed by atoms with Crippen LogP contribution in [0.15, 0.2) is 42.5 Å². The SMILES string of the molecule is COC(=O)C(CCCN1C(=O)c2ccccc2C1=O)Cc1c(C)cccc1C. The van der Waals surface area contributed by atoms with E-state index in [0.29, 0.717) is 36.9 Å². The van der Waals surface area contributed by atoms with E-state index in [2.05, 4.69) is 0 Å². The highest BCUT2D eigenvalue weighted by atomic mass is 16.5. The summed E-state index contributed by atoms with van der Waals surface area (Å²) in [5.74, 6) is -1.08. The zero-order chi connectivity index (χ0) is 20.3. The Morgan fingerprint density at radius 3 is 2.07 bits per heavy atom. The van der Waals surface area contributed by atoms with Gasteiger partial charge in [0.1, 0.15) is 0 Å². The van der Waals surface area contributed by atoms with Crippen LogP contribution in [-0.2, 0) is 16.0 Å². The maximum absolute atomic E-state index is 12.5. The Morgan fingerprint density at radius 1 is 0.964 bits per heavy atom. The number of hydrogen-bond donors (Lipinski definition) is 0. The van der Waals surface area contributed by atoms with Gasteiger partial charge in [0.05, 0.1) is 24.2 Å². The molecule has 1 aliphatic rings. The normalized spacial score (nSPS) is 14.2. The lowest BCUT2D eigenvalue weighted by molar-refractivity contribution is -0.145. The summed E-state index contributed by atoms with van der Waals surface area (Å²) in [6.45, 7) is 4.37. The minimum Gasteiger partial charge on any atom is -0.469 e. The number of aryl methyl sites for hydroxylation is 2. The molecule has 0 saturated heterocycles. The predicted molar refractivity (Wildman–Crippen MR) is 106 cm³/mol. The van der Waals surface area contributed by atoms with Gasteiger partial charge in [0, 0.05) is 6.54 Å². The van der Waals surface area contributed by atoms with Gasteiger partial charge in [0.2, 0.25) is 0 Å². The molecule has 0 bridgehead atoms. The summed E-state index contributed by atoms with van der Waals surface area (Å²) in [6.07, 6.45) is 1.69. The number of amides is 2. The highest BCUT2D eigenvalue weighted by molar-refractivity contribution is 6.21. The summed E-state index contributed by atoms with van der Waals surface area (Å²) >= 11 is 0. The number of nitrogens with zero attached hydrogens (tertiary/aromatic N) is 1. The number of carbonyl (C=O) groups excluding carboxylic acids is 3. The van der Waals surface area contributed by atoms with Crippen molar-refractivity contribution in [3.8, 4) is 0 Å². The molecule has 0 radical (unpaired) electrons. The first-order chi connectivity index (χ1) is 13.4. The average Bonchev–Trinajstić information content (AvgIpc) is 2.94. The molecule has 1 aliphatic heterocycles. The monoisotopic (exact) mass is 379 g/mol. The zero-order valence-electron chi connectivity index (χ0n) is 16.5. The van der Waals surface area contributed by atoms with Gasteiger partial charge < -0.3 is 4.74 Å². The third-order valence-electron chi connectivity index (χ3n) is 5.44. The largest absolute Gasteiger partial charge is 0.469 e. The van der Waals surface area contributed by atoms with E-state index in [1.54, 1.807) is 24.3 Å². The molecule has 2 aromatic rings. The quantitative estimate of drug-likeness (QED) is 0.543. The third kappa shape index (κ3) is 3.84. The highest BCUT2D eigenvalue weighted by Gasteiger charge is 2.34. The molecule has 0 N–H and O–H groups in total. The maximum Gasteiger partial charge on any atom is 0.308 e. The summed E-state index contributed by atoms with van der Waals surface area (Å²) < 4.78 is 4.99. The topological polar surface area (TPSA) is 63.7 Å². The van der Waals surface area contributed by atoms with Crippen LogP contribution in [0.25, 0.3) is 0 Å². The van der Waals surface area contributed by atoms with Crippen molar-refractivity contribution in [3.05, 3.63) is 70.3 Å². The van der Waals surface area contributed by atoms with Crippen molar-refractivity contribution in [2.45, 2.75) is 33.1 Å². The molecule has 146 valence electrons. The molecule has 5 nitrogen and oxygen atoms in total. The van der Waals surface area contributed by atoms with E-state index in [-0.39, 0.29) is 23.7 Å². The van der Waals surface area contributed by atoms with Crippen LogP contribution in [0.3, 0.4) is 0 Å². The van der Waals surface area contributed by atoms with E-state index < -0.39 is 0 Å². The Balaban J connectivity index is 1.66. The summed E-state index contributed by atoms with van der Waals surface area (Å²) in [6, 6.07) is 12.9. The molecule has 2 amide bonds. The second-order valence-electron chi connectivity index (χ2n) is 7.24. The summed E-state index contributed by atoms with van der Waals surface area (Å²) in [4.78, 5) is 38.5. The van der Waals surface area contributed by atoms with Crippen molar-refractivity contribution in [2.75, 3.05) is 13.7 Å². The van der Waals surface area contributed by atoms with Crippen LogP contribution in [0.1, 0.15) is 50.2 Å². The first-order valence-corrected chi connectivity index (χ1v) is 9.52. The van der Waals surface area contributed by atoms with Crippen molar-refractivity contribution in [3.63, 3.8) is 0 Å². The fourth-order valence-electron chi connectivity index (χ4n) is 3.83. The standard InChI is InChI=1S/C23H25NO4/c1-15-8-6-9-16(2)20(15)14-17(23(27)28-3)10-7-13-24-21(25)18-11-4-5-12-19(18)22(24)26/h4-6,8-9,11-12,17H,7,10,13-14H2,1-3H3. The van der Waals surface area contributed by atoms with E-state index in [9.17, 15) is 14.4 Å². The molecule has 0 spiro atoms. The lowest BCUT2D eigenvalue weighted by Gasteiger charge is -2.19. The van der Waals surface area contributed by atoms with Crippen molar-refractivity contribution in [2.24, 2.45) is 5.92 Å². The summed E-state index contributed by atoms with van der Waals surface area (Å²) in [7, 11) is 1.39. The van der Waals surface area contributed by atoms with Gasteiger partial charge >= 0.3 is 5.97 Å². The van der Waals surface area contributed by atoms with Crippen LogP contribution in [-0.4, -0.2) is 36.3 Å². The smallest absolute Gasteiger partial charge is 0.308 e. The predicted octanol–water partition coefficient (Wildman–Crippen LogP) is 3.71. The van der Waals surface area contributed by atoms with Crippen LogP contribution in [0.4, 0.5) is 0 Å². The second kappa shape index (κ2) is 8.38. The highest BCUT2D eigenvalue weighted by Crippen LogP contribution is 2.25. The molecule has 0 fully saturated rings. The van der Waals surface area contributed by atoms with Crippen LogP contribution < -0.4 is 0 Å². The summed E-state index contributed by atoms with van der Waals surface area (Å²) in [5, 5.41) is 0. The van der Waals surface area contributed by atoms with Gasteiger partial charge in [-0.1, -0.05) is 30.3 Å². The number of esters is 1. The average molecular weight is 379 g/mol. The van der Waals surface area contributed by atoms with E-state index >= 15 is 0 Å². The van der Waals surface area contributed by atoms with E-state index in [1.807, 2.05) is 32.0 Å². The van der Waals surface area contributed by atoms with Crippen molar-refractivity contribution in [1.82, 2.24) is 4.90 Å². The number of hydrogen-bond acceptors (Lipinski definition) is 4. The van der Waals surface area contributed by atoms with E-state index in [1.165, 1.54) is 12.0 Å². The molecule has 0 aliphatic carbocycles. The van der Waals surface area contributed by atoms with Crippen LogP contribution in [0.2, 0.25) is 0 Å². The minimum absolute atomic E-state index is 0.259. The second-order valence-corrected chi connectivity index (χ2v) is 7.24. The van der Waals surface area contributed by atoms with Crippen LogP contribution in [0, 0.1) is 19.8 Å². The van der Waals surface area contributed by atoms with Crippen molar-refractivity contribution < 1.29 is 19.1 Å². The van der Waals surface area contributed by atoms with E-state index in [4.69, 9.17) is 4.74 Å². The summed E-state index contributed by atoms with van der Waals surface area (Å²) in [5.41, 5.74) is 4.35. The fourth-order valence-corrected chi connectivity index (χ4v) is 3.83. The first kappa shape index (κ1) is 19.8. The molecular formula is C23H25NO4. The zero-order valence-corrected chi connectivity index (χ0v) is 16.5. The molecule has 2 aromatic carbocycles. The van der Waals surface area contributed by atoms with Gasteiger partial charge in [-0.15, -0.1) is 0 Å². The van der Waals surface area contributed by atoms with Gasteiger partial charge in [-0.3, -0.25) is 19.3 Å². The van der Waals surface area contributed by atoms with Crippen molar-refractivity contribution >= 4 is 17.8 Å². The number of carbonyl (C=O) groups is 3. The Morgan fingerprint density at radius 2 is 1.54 bits per heavy atom. The molecule has 1 unspecified atom stereocenters. The maximum atomic E-state index is 12.5. The molecule has 0 saturated carbocycles. The molecule has 3 rings (SSSR count). The van der Waals surface area contributed by atoms with Gasteiger partial charge in [-0.25, -0.2) is 0 Å². The molecule has 0 aromatic heterocycles.